The van der Waals surface area contributed by atoms with Crippen molar-refractivity contribution in [2.75, 3.05) is 12.3 Å². The zero-order valence-corrected chi connectivity index (χ0v) is 19.5. The van der Waals surface area contributed by atoms with Gasteiger partial charge in [0.25, 0.3) is 5.91 Å². The van der Waals surface area contributed by atoms with E-state index < -0.39 is 0 Å². The number of aromatic nitrogens is 3. The molecular weight excluding hydrogens is 436 g/mol. The van der Waals surface area contributed by atoms with Crippen LogP contribution in [0.2, 0.25) is 0 Å². The zero-order valence-electron chi connectivity index (χ0n) is 19.5. The third kappa shape index (κ3) is 4.61. The second-order valence-electron chi connectivity index (χ2n) is 8.40. The van der Waals surface area contributed by atoms with Gasteiger partial charge in [0, 0.05) is 6.54 Å². The van der Waals surface area contributed by atoms with Crippen LogP contribution >= 0.6 is 0 Å². The Bertz CT molecular complexity index is 1540. The number of nitrogens with two attached hydrogens (primary N) is 1. The fourth-order valence-electron chi connectivity index (χ4n) is 4.07. The smallest absolute Gasteiger partial charge is 0.257 e. The van der Waals surface area contributed by atoms with Crippen LogP contribution in [0.25, 0.3) is 22.2 Å². The number of carbonyl (C=O) groups excluding carboxylic acids is 1. The van der Waals surface area contributed by atoms with Crippen LogP contribution in [0.3, 0.4) is 0 Å². The number of nitrogen functional groups attached to an aromatic ring is 1. The number of hydrogen-bond donors (Lipinski definition) is 2. The summed E-state index contributed by atoms with van der Waals surface area (Å²) in [7, 11) is 0. The number of anilines is 1. The minimum atomic E-state index is -0.282. The number of nitrogens with one attached hydrogen (secondary N) is 1. The van der Waals surface area contributed by atoms with Crippen LogP contribution in [0, 0.1) is 6.92 Å². The van der Waals surface area contributed by atoms with Crippen LogP contribution in [-0.2, 0) is 6.42 Å². The summed E-state index contributed by atoms with van der Waals surface area (Å²) >= 11 is 0. The minimum Gasteiger partial charge on any atom is -0.383 e. The number of benzene rings is 3. The first-order valence-electron chi connectivity index (χ1n) is 11.6. The van der Waals surface area contributed by atoms with Gasteiger partial charge in [-0.15, -0.1) is 0 Å². The lowest BCUT2D eigenvalue weighted by atomic mass is 10.1. The lowest BCUT2D eigenvalue weighted by Crippen LogP contribution is -2.25. The van der Waals surface area contributed by atoms with Crippen LogP contribution in [0.5, 0.6) is 0 Å². The van der Waals surface area contributed by atoms with E-state index >= 15 is 0 Å². The Hall–Kier alpha value is -4.52. The van der Waals surface area contributed by atoms with Gasteiger partial charge in [-0.1, -0.05) is 66.7 Å². The number of hydrogen-bond acceptors (Lipinski definition) is 5. The highest BCUT2D eigenvalue weighted by Gasteiger charge is 2.23. The highest BCUT2D eigenvalue weighted by atomic mass is 16.1. The number of rotatable bonds is 7. The number of carbonyl (C=O) groups is 1. The number of fused-ring (bicyclic) bond motifs is 2. The van der Waals surface area contributed by atoms with Gasteiger partial charge in [0.15, 0.2) is 5.65 Å². The molecule has 174 valence electrons. The molecule has 0 spiro atoms. The van der Waals surface area contributed by atoms with Gasteiger partial charge in [-0.2, -0.15) is 9.78 Å². The first-order valence-corrected chi connectivity index (χ1v) is 11.6. The van der Waals surface area contributed by atoms with E-state index in [0.29, 0.717) is 34.3 Å². The van der Waals surface area contributed by atoms with Crippen LogP contribution in [0.4, 0.5) is 5.82 Å². The van der Waals surface area contributed by atoms with E-state index in [9.17, 15) is 4.79 Å². The van der Waals surface area contributed by atoms with Crippen molar-refractivity contribution in [1.29, 1.82) is 0 Å². The Morgan fingerprint density at radius 1 is 0.971 bits per heavy atom. The summed E-state index contributed by atoms with van der Waals surface area (Å²) in [4.78, 5) is 22.7. The maximum atomic E-state index is 13.2. The number of nitrogens with zero attached hydrogens (tertiary/aromatic N) is 4. The minimum absolute atomic E-state index is 0.209. The van der Waals surface area contributed by atoms with Gasteiger partial charge >= 0.3 is 0 Å². The molecule has 0 aliphatic rings. The summed E-state index contributed by atoms with van der Waals surface area (Å²) in [6.07, 6.45) is 3.42. The molecule has 3 N–H and O–H groups in total. The topological polar surface area (TPSA) is 98.2 Å². The van der Waals surface area contributed by atoms with Gasteiger partial charge in [0.2, 0.25) is 0 Å². The van der Waals surface area contributed by atoms with Crippen molar-refractivity contribution in [3.05, 3.63) is 101 Å². The fourth-order valence-corrected chi connectivity index (χ4v) is 4.07. The molecule has 1 amide bonds. The van der Waals surface area contributed by atoms with Crippen molar-refractivity contribution in [3.63, 3.8) is 0 Å². The Morgan fingerprint density at radius 3 is 2.43 bits per heavy atom. The van der Waals surface area contributed by atoms with E-state index in [1.807, 2.05) is 73.7 Å². The first-order chi connectivity index (χ1) is 17.1. The summed E-state index contributed by atoms with van der Waals surface area (Å²) in [5, 5.41) is 7.59. The molecule has 7 heteroatoms. The monoisotopic (exact) mass is 462 g/mol. The summed E-state index contributed by atoms with van der Waals surface area (Å²) in [5.41, 5.74) is 12.3. The van der Waals surface area contributed by atoms with Gasteiger partial charge in [0.05, 0.1) is 17.2 Å². The predicted molar refractivity (Wildman–Crippen MR) is 141 cm³/mol. The summed E-state index contributed by atoms with van der Waals surface area (Å²) in [5.74, 6) is -0.0734. The van der Waals surface area contributed by atoms with Crippen molar-refractivity contribution < 1.29 is 4.79 Å². The molecule has 5 aromatic rings. The van der Waals surface area contributed by atoms with Crippen LogP contribution in [-0.4, -0.2) is 33.3 Å². The second-order valence-corrected chi connectivity index (χ2v) is 8.40. The molecule has 0 bridgehead atoms. The first kappa shape index (κ1) is 22.3. The fraction of sp³-hybridized carbons (Fsp3) is 0.143. The third-order valence-electron chi connectivity index (χ3n) is 5.97. The lowest BCUT2D eigenvalue weighted by molar-refractivity contribution is 0.0955. The summed E-state index contributed by atoms with van der Waals surface area (Å²) in [6.45, 7) is 2.54. The maximum Gasteiger partial charge on any atom is 0.257 e. The molecule has 0 saturated heterocycles. The molecule has 0 fully saturated rings. The van der Waals surface area contributed by atoms with E-state index in [1.54, 1.807) is 6.21 Å². The number of para-hydroxylation sites is 2. The van der Waals surface area contributed by atoms with E-state index in [0.717, 1.165) is 24.0 Å². The van der Waals surface area contributed by atoms with E-state index in [4.69, 9.17) is 15.7 Å². The Labute approximate surface area is 203 Å². The predicted octanol–water partition coefficient (Wildman–Crippen LogP) is 4.72. The van der Waals surface area contributed by atoms with E-state index in [-0.39, 0.29) is 11.7 Å². The van der Waals surface area contributed by atoms with Crippen LogP contribution < -0.4 is 11.1 Å². The second kappa shape index (κ2) is 9.77. The summed E-state index contributed by atoms with van der Waals surface area (Å²) < 4.78 is 1.50. The third-order valence-corrected chi connectivity index (χ3v) is 5.97. The SMILES string of the molecule is Cc1ccccc1/C=N/n1c(N)c(C(=O)NCCCc2ccccc2)c2nc3ccccc3nc21. The highest BCUT2D eigenvalue weighted by Crippen LogP contribution is 2.28. The molecule has 0 aliphatic heterocycles. The molecular formula is C28H26N6O. The van der Waals surface area contributed by atoms with Crippen molar-refractivity contribution in [2.24, 2.45) is 5.10 Å². The molecule has 0 atom stereocenters. The van der Waals surface area contributed by atoms with E-state index in [2.05, 4.69) is 22.6 Å². The molecule has 3 aromatic carbocycles. The normalized spacial score (nSPS) is 11.5. The Balaban J connectivity index is 1.48. The molecule has 35 heavy (non-hydrogen) atoms. The Kier molecular flexibility index (Phi) is 6.22. The molecule has 7 nitrogen and oxygen atoms in total. The van der Waals surface area contributed by atoms with Gasteiger partial charge in [-0.25, -0.2) is 9.97 Å². The van der Waals surface area contributed by atoms with Gasteiger partial charge in [-0.05, 0) is 48.6 Å². The van der Waals surface area contributed by atoms with Gasteiger partial charge < -0.3 is 11.1 Å². The Morgan fingerprint density at radius 2 is 1.66 bits per heavy atom. The molecule has 0 aliphatic carbocycles. The number of aryl methyl sites for hydroxylation is 2. The van der Waals surface area contributed by atoms with E-state index in [1.165, 1.54) is 10.2 Å². The number of amides is 1. The van der Waals surface area contributed by atoms with Crippen LogP contribution in [0.1, 0.15) is 33.5 Å². The molecule has 2 heterocycles. The van der Waals surface area contributed by atoms with Crippen molar-refractivity contribution >= 4 is 40.1 Å². The van der Waals surface area contributed by atoms with Gasteiger partial charge in [0.1, 0.15) is 16.9 Å². The molecule has 5 rings (SSSR count). The molecule has 2 aromatic heterocycles. The standard InChI is InChI=1S/C28H26N6O/c1-19-10-5-6-14-21(19)18-31-34-26(29)24(25-27(34)33-23-16-8-7-15-22(23)32-25)28(35)30-17-9-13-20-11-3-2-4-12-20/h2-8,10-12,14-16,18H,9,13,17,29H2,1H3,(H,30,35)/b31-18+. The average Bonchev–Trinajstić information content (AvgIpc) is 3.15. The molecule has 0 saturated carbocycles. The van der Waals surface area contributed by atoms with Crippen molar-refractivity contribution in [1.82, 2.24) is 20.0 Å². The zero-order chi connectivity index (χ0) is 24.2. The van der Waals surface area contributed by atoms with Crippen LogP contribution in [0.15, 0.2) is 84.0 Å². The van der Waals surface area contributed by atoms with Gasteiger partial charge in [-0.3, -0.25) is 4.79 Å². The van der Waals surface area contributed by atoms with Crippen molar-refractivity contribution in [2.45, 2.75) is 19.8 Å². The lowest BCUT2D eigenvalue weighted by Gasteiger charge is -2.06. The maximum absolute atomic E-state index is 13.2. The summed E-state index contributed by atoms with van der Waals surface area (Å²) in [6, 6.07) is 25.7. The molecule has 0 radical (unpaired) electrons. The largest absolute Gasteiger partial charge is 0.383 e. The average molecular weight is 463 g/mol. The highest BCUT2D eigenvalue weighted by molar-refractivity contribution is 6.10. The molecule has 0 unspecified atom stereocenters. The van der Waals surface area contributed by atoms with Crippen molar-refractivity contribution in [3.8, 4) is 0 Å². The quantitative estimate of drug-likeness (QED) is 0.270.